The highest BCUT2D eigenvalue weighted by Crippen LogP contribution is 2.41. The van der Waals surface area contributed by atoms with Crippen molar-refractivity contribution in [2.45, 2.75) is 19.8 Å². The zero-order valence-corrected chi connectivity index (χ0v) is 10.3. The lowest BCUT2D eigenvalue weighted by Crippen LogP contribution is -1.97. The van der Waals surface area contributed by atoms with Gasteiger partial charge in [-0.3, -0.25) is 0 Å². The Bertz CT molecular complexity index is 630. The van der Waals surface area contributed by atoms with Gasteiger partial charge in [0.25, 0.3) is 0 Å². The molecule has 0 spiro atoms. The van der Waals surface area contributed by atoms with Crippen LogP contribution in [0, 0.1) is 0 Å². The molecule has 2 aliphatic rings. The molecule has 1 atom stereocenters. The van der Waals surface area contributed by atoms with Crippen LogP contribution in [-0.4, -0.2) is 0 Å². The summed E-state index contributed by atoms with van der Waals surface area (Å²) in [7, 11) is 0. The molecule has 0 nitrogen and oxygen atoms in total. The van der Waals surface area contributed by atoms with Gasteiger partial charge in [-0.2, -0.15) is 0 Å². The van der Waals surface area contributed by atoms with E-state index in [1.165, 1.54) is 27.5 Å². The Hall–Kier alpha value is -1.82. The standard InChI is InChI=1S/C15H10.C2H6/c1-2-10-4-6-12-8-9-13-7-5-11(3-1)14(10)15(12)13;1-2/h1-9,12H;1-2H3. The van der Waals surface area contributed by atoms with E-state index in [0.717, 1.165) is 0 Å². The van der Waals surface area contributed by atoms with Crippen molar-refractivity contribution >= 4 is 22.9 Å². The molecule has 0 heterocycles. The maximum Gasteiger partial charge on any atom is 0.0217 e. The highest BCUT2D eigenvalue weighted by molar-refractivity contribution is 5.99. The Labute approximate surface area is 102 Å². The molecule has 4 rings (SSSR count). The lowest BCUT2D eigenvalue weighted by molar-refractivity contribution is 1.13. The zero-order valence-electron chi connectivity index (χ0n) is 10.3. The molecular weight excluding hydrogens is 204 g/mol. The van der Waals surface area contributed by atoms with E-state index < -0.39 is 0 Å². The Kier molecular flexibility index (Phi) is 2.36. The second kappa shape index (κ2) is 3.89. The van der Waals surface area contributed by atoms with Crippen molar-refractivity contribution in [3.63, 3.8) is 0 Å². The summed E-state index contributed by atoms with van der Waals surface area (Å²) in [5, 5.41) is 2.82. The minimum Gasteiger partial charge on any atom is -0.0726 e. The summed E-state index contributed by atoms with van der Waals surface area (Å²) in [5.74, 6) is 0.513. The Morgan fingerprint density at radius 1 is 0.824 bits per heavy atom. The number of rotatable bonds is 0. The lowest BCUT2D eigenvalue weighted by Gasteiger charge is -2.17. The predicted molar refractivity (Wildman–Crippen MR) is 76.1 cm³/mol. The average Bonchev–Trinajstić information content (AvgIpc) is 2.84. The monoisotopic (exact) mass is 220 g/mol. The molecule has 0 N–H and O–H groups in total. The molecule has 84 valence electrons. The summed E-state index contributed by atoms with van der Waals surface area (Å²) in [5.41, 5.74) is 4.26. The molecule has 2 aromatic rings. The quantitative estimate of drug-likeness (QED) is 0.586. The summed E-state index contributed by atoms with van der Waals surface area (Å²) in [4.78, 5) is 0. The van der Waals surface area contributed by atoms with Crippen molar-refractivity contribution < 1.29 is 0 Å². The summed E-state index contributed by atoms with van der Waals surface area (Å²) >= 11 is 0. The van der Waals surface area contributed by atoms with Crippen molar-refractivity contribution in [3.05, 3.63) is 59.2 Å². The van der Waals surface area contributed by atoms with Gasteiger partial charge >= 0.3 is 0 Å². The Morgan fingerprint density at radius 2 is 1.59 bits per heavy atom. The first kappa shape index (κ1) is 10.3. The van der Waals surface area contributed by atoms with Gasteiger partial charge < -0.3 is 0 Å². The molecule has 0 bridgehead atoms. The second-order valence-electron chi connectivity index (χ2n) is 4.26. The van der Waals surface area contributed by atoms with Crippen LogP contribution < -0.4 is 0 Å². The molecule has 0 aliphatic heterocycles. The third-order valence-electron chi connectivity index (χ3n) is 3.45. The van der Waals surface area contributed by atoms with Crippen LogP contribution in [0.3, 0.4) is 0 Å². The third kappa shape index (κ3) is 1.37. The van der Waals surface area contributed by atoms with E-state index >= 15 is 0 Å². The first-order valence-electron chi connectivity index (χ1n) is 6.35. The first-order chi connectivity index (χ1) is 8.43. The molecule has 1 unspecified atom stereocenters. The first-order valence-corrected chi connectivity index (χ1v) is 6.35. The number of allylic oxidation sites excluding steroid dienone is 2. The topological polar surface area (TPSA) is 0 Å². The maximum absolute atomic E-state index is 2.30. The van der Waals surface area contributed by atoms with Crippen molar-refractivity contribution in [1.82, 2.24) is 0 Å². The van der Waals surface area contributed by atoms with E-state index in [-0.39, 0.29) is 0 Å². The van der Waals surface area contributed by atoms with E-state index in [1.54, 1.807) is 0 Å². The molecule has 2 aliphatic carbocycles. The molecule has 0 saturated carbocycles. The van der Waals surface area contributed by atoms with Crippen LogP contribution in [0.4, 0.5) is 0 Å². The van der Waals surface area contributed by atoms with Crippen LogP contribution in [0.5, 0.6) is 0 Å². The van der Waals surface area contributed by atoms with Gasteiger partial charge in [0, 0.05) is 5.92 Å². The molecule has 0 heteroatoms. The van der Waals surface area contributed by atoms with Gasteiger partial charge in [-0.1, -0.05) is 68.5 Å². The second-order valence-corrected chi connectivity index (χ2v) is 4.26. The summed E-state index contributed by atoms with van der Waals surface area (Å²) < 4.78 is 0. The molecule has 0 saturated heterocycles. The van der Waals surface area contributed by atoms with Crippen molar-refractivity contribution in [1.29, 1.82) is 0 Å². The van der Waals surface area contributed by atoms with E-state index in [4.69, 9.17) is 0 Å². The Morgan fingerprint density at radius 3 is 2.41 bits per heavy atom. The molecular formula is C17H16. The molecule has 0 aromatic heterocycles. The fourth-order valence-corrected chi connectivity index (χ4v) is 2.77. The van der Waals surface area contributed by atoms with E-state index in [0.29, 0.717) is 5.92 Å². The van der Waals surface area contributed by atoms with Gasteiger partial charge in [0.2, 0.25) is 0 Å². The highest BCUT2D eigenvalue weighted by atomic mass is 14.2. The van der Waals surface area contributed by atoms with Crippen molar-refractivity contribution in [2.75, 3.05) is 0 Å². The zero-order chi connectivity index (χ0) is 11.8. The number of hydrogen-bond acceptors (Lipinski definition) is 0. The van der Waals surface area contributed by atoms with E-state index in [9.17, 15) is 0 Å². The average molecular weight is 220 g/mol. The lowest BCUT2D eigenvalue weighted by atomic mass is 9.87. The van der Waals surface area contributed by atoms with Crippen LogP contribution in [0.1, 0.15) is 36.5 Å². The van der Waals surface area contributed by atoms with Gasteiger partial charge in [0.05, 0.1) is 0 Å². The van der Waals surface area contributed by atoms with Crippen LogP contribution in [0.2, 0.25) is 0 Å². The minimum atomic E-state index is 0.513. The molecule has 0 radical (unpaired) electrons. The van der Waals surface area contributed by atoms with Crippen LogP contribution in [0.25, 0.3) is 22.9 Å². The molecule has 0 amide bonds. The minimum absolute atomic E-state index is 0.513. The number of benzene rings is 2. The summed E-state index contributed by atoms with van der Waals surface area (Å²) in [6, 6.07) is 11.0. The van der Waals surface area contributed by atoms with Crippen LogP contribution in [-0.2, 0) is 0 Å². The fourth-order valence-electron chi connectivity index (χ4n) is 2.77. The smallest absolute Gasteiger partial charge is 0.0217 e. The molecule has 17 heavy (non-hydrogen) atoms. The largest absolute Gasteiger partial charge is 0.0726 e. The van der Waals surface area contributed by atoms with Crippen LogP contribution >= 0.6 is 0 Å². The van der Waals surface area contributed by atoms with E-state index in [2.05, 4.69) is 54.6 Å². The van der Waals surface area contributed by atoms with Gasteiger partial charge in [-0.25, -0.2) is 0 Å². The van der Waals surface area contributed by atoms with Gasteiger partial charge in [-0.05, 0) is 27.5 Å². The Balaban J connectivity index is 0.000000431. The summed E-state index contributed by atoms with van der Waals surface area (Å²) in [6.07, 6.45) is 9.08. The van der Waals surface area contributed by atoms with Gasteiger partial charge in [-0.15, -0.1) is 0 Å². The molecule has 0 fully saturated rings. The van der Waals surface area contributed by atoms with Crippen LogP contribution in [0.15, 0.2) is 42.5 Å². The number of hydrogen-bond donors (Lipinski definition) is 0. The third-order valence-corrected chi connectivity index (χ3v) is 3.45. The van der Waals surface area contributed by atoms with Gasteiger partial charge in [0.1, 0.15) is 0 Å². The predicted octanol–water partition coefficient (Wildman–Crippen LogP) is 5.00. The normalized spacial score (nSPS) is 18.1. The summed E-state index contributed by atoms with van der Waals surface area (Å²) in [6.45, 7) is 4.00. The SMILES string of the molecule is C1=CC2C=Cc3cccc4ccc1c2c34.CC. The maximum atomic E-state index is 2.30. The van der Waals surface area contributed by atoms with Crippen molar-refractivity contribution in [3.8, 4) is 0 Å². The van der Waals surface area contributed by atoms with Crippen molar-refractivity contribution in [2.24, 2.45) is 0 Å². The highest BCUT2D eigenvalue weighted by Gasteiger charge is 2.21. The van der Waals surface area contributed by atoms with E-state index in [1.807, 2.05) is 13.8 Å². The fraction of sp³-hybridized carbons (Fsp3) is 0.176. The molecule has 2 aromatic carbocycles. The van der Waals surface area contributed by atoms with Gasteiger partial charge in [0.15, 0.2) is 0 Å².